The first-order chi connectivity index (χ1) is 9.65. The molecule has 0 saturated carbocycles. The van der Waals surface area contributed by atoms with E-state index >= 15 is 0 Å². The van der Waals surface area contributed by atoms with E-state index in [4.69, 9.17) is 17.3 Å². The molecule has 4 heteroatoms. The number of carbonyl (C=O) groups excluding carboxylic acids is 1. The Kier molecular flexibility index (Phi) is 3.36. The van der Waals surface area contributed by atoms with Crippen molar-refractivity contribution in [1.29, 1.82) is 0 Å². The van der Waals surface area contributed by atoms with Gasteiger partial charge in [-0.2, -0.15) is 0 Å². The van der Waals surface area contributed by atoms with E-state index < -0.39 is 0 Å². The average molecular weight is 287 g/mol. The number of halogens is 1. The fourth-order valence-corrected chi connectivity index (χ4v) is 2.73. The minimum Gasteiger partial charge on any atom is -0.398 e. The summed E-state index contributed by atoms with van der Waals surface area (Å²) in [5, 5.41) is 0.528. The normalized spacial score (nSPS) is 13.9. The van der Waals surface area contributed by atoms with Crippen molar-refractivity contribution in [3.8, 4) is 0 Å². The minimum atomic E-state index is -0.0560. The van der Waals surface area contributed by atoms with Gasteiger partial charge in [-0.05, 0) is 35.7 Å². The fraction of sp³-hybridized carbons (Fsp3) is 0.188. The van der Waals surface area contributed by atoms with Gasteiger partial charge in [0.15, 0.2) is 0 Å². The molecule has 0 fully saturated rings. The number of rotatable bonds is 1. The maximum absolute atomic E-state index is 12.6. The van der Waals surface area contributed by atoms with E-state index in [2.05, 4.69) is 12.1 Å². The molecule has 0 atom stereocenters. The number of fused-ring (bicyclic) bond motifs is 1. The lowest BCUT2D eigenvalue weighted by Crippen LogP contribution is -2.36. The Morgan fingerprint density at radius 1 is 1.15 bits per heavy atom. The van der Waals surface area contributed by atoms with E-state index in [-0.39, 0.29) is 5.91 Å². The summed E-state index contributed by atoms with van der Waals surface area (Å²) in [5.74, 6) is -0.0560. The topological polar surface area (TPSA) is 46.3 Å². The Labute approximate surface area is 123 Å². The number of anilines is 1. The molecule has 2 N–H and O–H groups in total. The Morgan fingerprint density at radius 2 is 1.90 bits per heavy atom. The maximum atomic E-state index is 12.6. The van der Waals surface area contributed by atoms with Crippen LogP contribution in [0.1, 0.15) is 21.5 Å². The zero-order chi connectivity index (χ0) is 14.1. The van der Waals surface area contributed by atoms with Crippen LogP contribution >= 0.6 is 11.6 Å². The number of carbonyl (C=O) groups is 1. The molecule has 0 aromatic heterocycles. The van der Waals surface area contributed by atoms with Gasteiger partial charge in [-0.25, -0.2) is 0 Å². The van der Waals surface area contributed by atoms with Gasteiger partial charge < -0.3 is 10.6 Å². The quantitative estimate of drug-likeness (QED) is 0.819. The standard InChI is InChI=1S/C16H15ClN2O/c17-13-5-6-15(18)14(9-13)16(20)19-8-7-11-3-1-2-4-12(11)10-19/h1-6,9H,7-8,10,18H2. The zero-order valence-corrected chi connectivity index (χ0v) is 11.7. The molecule has 0 saturated heterocycles. The highest BCUT2D eigenvalue weighted by Crippen LogP contribution is 2.24. The predicted octanol–water partition coefficient (Wildman–Crippen LogP) is 3.12. The summed E-state index contributed by atoms with van der Waals surface area (Å²) >= 11 is 5.95. The predicted molar refractivity (Wildman–Crippen MR) is 80.8 cm³/mol. The van der Waals surface area contributed by atoms with Crippen molar-refractivity contribution in [3.05, 3.63) is 64.2 Å². The molecule has 3 nitrogen and oxygen atoms in total. The highest BCUT2D eigenvalue weighted by atomic mass is 35.5. The summed E-state index contributed by atoms with van der Waals surface area (Å²) in [5.41, 5.74) is 9.36. The molecule has 20 heavy (non-hydrogen) atoms. The molecule has 2 aromatic carbocycles. The number of benzene rings is 2. The number of nitrogens with zero attached hydrogens (tertiary/aromatic N) is 1. The van der Waals surface area contributed by atoms with Crippen LogP contribution in [0.3, 0.4) is 0 Å². The second-order valence-corrected chi connectivity index (χ2v) is 5.41. The average Bonchev–Trinajstić information content (AvgIpc) is 2.48. The SMILES string of the molecule is Nc1ccc(Cl)cc1C(=O)N1CCc2ccccc2C1. The number of hydrogen-bond donors (Lipinski definition) is 1. The molecule has 0 unspecified atom stereocenters. The second kappa shape index (κ2) is 5.17. The van der Waals surface area contributed by atoms with E-state index in [1.54, 1.807) is 18.2 Å². The largest absolute Gasteiger partial charge is 0.398 e. The van der Waals surface area contributed by atoms with Gasteiger partial charge in [0, 0.05) is 23.8 Å². The highest BCUT2D eigenvalue weighted by molar-refractivity contribution is 6.31. The molecule has 1 heterocycles. The molecule has 0 spiro atoms. The first-order valence-electron chi connectivity index (χ1n) is 6.56. The summed E-state index contributed by atoms with van der Waals surface area (Å²) < 4.78 is 0. The van der Waals surface area contributed by atoms with Crippen molar-refractivity contribution < 1.29 is 4.79 Å². The third-order valence-electron chi connectivity index (χ3n) is 3.66. The van der Waals surface area contributed by atoms with Crippen molar-refractivity contribution in [1.82, 2.24) is 4.90 Å². The fourth-order valence-electron chi connectivity index (χ4n) is 2.55. The van der Waals surface area contributed by atoms with E-state index in [1.165, 1.54) is 11.1 Å². The third-order valence-corrected chi connectivity index (χ3v) is 3.90. The molecule has 0 radical (unpaired) electrons. The number of nitrogen functional groups attached to an aromatic ring is 1. The van der Waals surface area contributed by atoms with Crippen LogP contribution in [0.4, 0.5) is 5.69 Å². The van der Waals surface area contributed by atoms with Gasteiger partial charge in [0.05, 0.1) is 5.56 Å². The highest BCUT2D eigenvalue weighted by Gasteiger charge is 2.22. The Morgan fingerprint density at radius 3 is 2.70 bits per heavy atom. The van der Waals surface area contributed by atoms with Gasteiger partial charge in [0.25, 0.3) is 5.91 Å². The molecular formula is C16H15ClN2O. The van der Waals surface area contributed by atoms with Gasteiger partial charge in [-0.15, -0.1) is 0 Å². The lowest BCUT2D eigenvalue weighted by Gasteiger charge is -2.29. The smallest absolute Gasteiger partial charge is 0.256 e. The van der Waals surface area contributed by atoms with Gasteiger partial charge in [-0.1, -0.05) is 35.9 Å². The molecular weight excluding hydrogens is 272 g/mol. The van der Waals surface area contributed by atoms with Crippen molar-refractivity contribution in [2.75, 3.05) is 12.3 Å². The van der Waals surface area contributed by atoms with Crippen LogP contribution in [0, 0.1) is 0 Å². The summed E-state index contributed by atoms with van der Waals surface area (Å²) in [7, 11) is 0. The van der Waals surface area contributed by atoms with Crippen LogP contribution in [0.2, 0.25) is 5.02 Å². The van der Waals surface area contributed by atoms with Gasteiger partial charge >= 0.3 is 0 Å². The van der Waals surface area contributed by atoms with Crippen molar-refractivity contribution >= 4 is 23.2 Å². The summed E-state index contributed by atoms with van der Waals surface area (Å²) in [6, 6.07) is 13.2. The van der Waals surface area contributed by atoms with Crippen molar-refractivity contribution in [3.63, 3.8) is 0 Å². The van der Waals surface area contributed by atoms with Crippen molar-refractivity contribution in [2.24, 2.45) is 0 Å². The van der Waals surface area contributed by atoms with Crippen LogP contribution in [-0.2, 0) is 13.0 Å². The van der Waals surface area contributed by atoms with Gasteiger partial charge in [0.2, 0.25) is 0 Å². The summed E-state index contributed by atoms with van der Waals surface area (Å²) in [6.07, 6.45) is 0.877. The van der Waals surface area contributed by atoms with Gasteiger partial charge in [-0.3, -0.25) is 4.79 Å². The number of nitrogens with two attached hydrogens (primary N) is 1. The van der Waals surface area contributed by atoms with Crippen LogP contribution in [0.25, 0.3) is 0 Å². The van der Waals surface area contributed by atoms with Crippen LogP contribution in [0.15, 0.2) is 42.5 Å². The third kappa shape index (κ3) is 2.37. The number of hydrogen-bond acceptors (Lipinski definition) is 2. The maximum Gasteiger partial charge on any atom is 0.256 e. The van der Waals surface area contributed by atoms with E-state index in [9.17, 15) is 4.79 Å². The molecule has 1 amide bonds. The lowest BCUT2D eigenvalue weighted by molar-refractivity contribution is 0.0736. The van der Waals surface area contributed by atoms with Gasteiger partial charge in [0.1, 0.15) is 0 Å². The van der Waals surface area contributed by atoms with E-state index in [1.807, 2.05) is 17.0 Å². The summed E-state index contributed by atoms with van der Waals surface area (Å²) in [4.78, 5) is 14.4. The van der Waals surface area contributed by atoms with Crippen LogP contribution in [0.5, 0.6) is 0 Å². The second-order valence-electron chi connectivity index (χ2n) is 4.98. The molecule has 1 aliphatic rings. The Hall–Kier alpha value is -2.00. The first-order valence-corrected chi connectivity index (χ1v) is 6.94. The Balaban J connectivity index is 1.88. The monoisotopic (exact) mass is 286 g/mol. The van der Waals surface area contributed by atoms with Crippen LogP contribution < -0.4 is 5.73 Å². The van der Waals surface area contributed by atoms with Crippen LogP contribution in [-0.4, -0.2) is 17.4 Å². The molecule has 0 bridgehead atoms. The van der Waals surface area contributed by atoms with Crippen molar-refractivity contribution in [2.45, 2.75) is 13.0 Å². The minimum absolute atomic E-state index is 0.0560. The molecule has 3 rings (SSSR count). The number of amides is 1. The van der Waals surface area contributed by atoms with E-state index in [0.717, 1.165) is 6.42 Å². The van der Waals surface area contributed by atoms with E-state index in [0.29, 0.717) is 29.4 Å². The zero-order valence-electron chi connectivity index (χ0n) is 11.0. The molecule has 2 aromatic rings. The molecule has 0 aliphatic carbocycles. The summed E-state index contributed by atoms with van der Waals surface area (Å²) in [6.45, 7) is 1.34. The molecule has 1 aliphatic heterocycles. The Bertz CT molecular complexity index is 669. The lowest BCUT2D eigenvalue weighted by atomic mass is 9.99. The first kappa shape index (κ1) is 13.0. The molecule has 102 valence electrons.